The van der Waals surface area contributed by atoms with Crippen LogP contribution in [0.4, 0.5) is 10.2 Å². The minimum atomic E-state index is -4.12. The predicted octanol–water partition coefficient (Wildman–Crippen LogP) is 3.70. The Hall–Kier alpha value is -3.87. The van der Waals surface area contributed by atoms with E-state index in [1.807, 2.05) is 0 Å². The van der Waals surface area contributed by atoms with Gasteiger partial charge in [0.05, 0.1) is 11.4 Å². The van der Waals surface area contributed by atoms with Crippen molar-refractivity contribution in [3.8, 4) is 11.3 Å². The predicted molar refractivity (Wildman–Crippen MR) is 146 cm³/mol. The lowest BCUT2D eigenvalue weighted by Gasteiger charge is -2.32. The first-order valence-corrected chi connectivity index (χ1v) is 14.0. The van der Waals surface area contributed by atoms with Crippen LogP contribution in [0.3, 0.4) is 0 Å². The second kappa shape index (κ2) is 10.7. The van der Waals surface area contributed by atoms with Crippen LogP contribution in [-0.4, -0.2) is 52.1 Å². The van der Waals surface area contributed by atoms with Crippen molar-refractivity contribution in [1.29, 1.82) is 0 Å². The molecule has 5 rings (SSSR count). The number of piperidine rings is 1. The van der Waals surface area contributed by atoms with Gasteiger partial charge in [-0.15, -0.1) is 0 Å². The first-order chi connectivity index (χ1) is 18.7. The molecule has 1 aliphatic rings. The summed E-state index contributed by atoms with van der Waals surface area (Å²) in [5.41, 5.74) is 8.74. The molecule has 3 N–H and O–H groups in total. The van der Waals surface area contributed by atoms with E-state index in [0.29, 0.717) is 35.4 Å². The van der Waals surface area contributed by atoms with Crippen LogP contribution in [0.15, 0.2) is 66.3 Å². The van der Waals surface area contributed by atoms with Gasteiger partial charge in [-0.25, -0.2) is 32.2 Å². The van der Waals surface area contributed by atoms with E-state index in [2.05, 4.69) is 21.3 Å². The van der Waals surface area contributed by atoms with E-state index in [4.69, 9.17) is 22.4 Å². The number of carbonyl (C=O) groups is 1. The summed E-state index contributed by atoms with van der Waals surface area (Å²) in [6.45, 7) is 4.64. The zero-order valence-corrected chi connectivity index (χ0v) is 22.3. The van der Waals surface area contributed by atoms with Gasteiger partial charge in [-0.2, -0.15) is 5.10 Å². The Morgan fingerprint density at radius 2 is 2.00 bits per heavy atom. The molecule has 2 aromatic carbocycles. The van der Waals surface area contributed by atoms with Crippen molar-refractivity contribution in [2.45, 2.75) is 30.3 Å². The number of nitrogens with one attached hydrogen (secondary N) is 1. The van der Waals surface area contributed by atoms with Gasteiger partial charge in [-0.05, 0) is 42.7 Å². The monoisotopic (exact) mass is 569 g/mol. The first-order valence-electron chi connectivity index (χ1n) is 12.1. The van der Waals surface area contributed by atoms with Gasteiger partial charge in [-0.1, -0.05) is 42.4 Å². The molecule has 202 valence electrons. The number of sulfonamides is 1. The molecule has 0 aliphatic carbocycles. The smallest absolute Gasteiger partial charge is 0.246 e. The third-order valence-electron chi connectivity index (χ3n) is 6.62. The summed E-state index contributed by atoms with van der Waals surface area (Å²) in [4.78, 5) is 22.0. The standard InChI is InChI=1S/C26H25ClFN7O3S/c1-2-22(36)34-11-3-4-19(14-34)35-26-23(25(29)30-15-31-26)24(33-35)17-7-5-16(6-8-17)13-32-39(37,38)21-12-18(27)9-10-20(21)28/h2,5-10,12,15,19,32H,1,3-4,11,13-14H2,(H2,29,30,31). The number of hydrogen-bond donors (Lipinski definition) is 2. The molecule has 1 atom stereocenters. The first kappa shape index (κ1) is 26.7. The Balaban J connectivity index is 1.41. The molecule has 1 aliphatic heterocycles. The Morgan fingerprint density at radius 3 is 2.74 bits per heavy atom. The van der Waals surface area contributed by atoms with E-state index in [0.717, 1.165) is 30.5 Å². The molecule has 1 saturated heterocycles. The van der Waals surface area contributed by atoms with Crippen LogP contribution < -0.4 is 10.5 Å². The minimum absolute atomic E-state index is 0.0652. The van der Waals surface area contributed by atoms with Crippen LogP contribution in [0.1, 0.15) is 24.4 Å². The van der Waals surface area contributed by atoms with Crippen LogP contribution in [0.5, 0.6) is 0 Å². The van der Waals surface area contributed by atoms with Gasteiger partial charge in [-0.3, -0.25) is 4.79 Å². The molecule has 10 nitrogen and oxygen atoms in total. The lowest BCUT2D eigenvalue weighted by Crippen LogP contribution is -2.40. The van der Waals surface area contributed by atoms with Gasteiger partial charge in [0.2, 0.25) is 15.9 Å². The molecule has 3 heterocycles. The number of benzene rings is 2. The van der Waals surface area contributed by atoms with E-state index >= 15 is 0 Å². The van der Waals surface area contributed by atoms with Gasteiger partial charge in [0.15, 0.2) is 5.65 Å². The number of fused-ring (bicyclic) bond motifs is 1. The van der Waals surface area contributed by atoms with Crippen molar-refractivity contribution in [3.63, 3.8) is 0 Å². The van der Waals surface area contributed by atoms with E-state index in [9.17, 15) is 17.6 Å². The topological polar surface area (TPSA) is 136 Å². The third-order valence-corrected chi connectivity index (χ3v) is 8.27. The quantitative estimate of drug-likeness (QED) is 0.324. The summed E-state index contributed by atoms with van der Waals surface area (Å²) in [5, 5.41) is 5.55. The lowest BCUT2D eigenvalue weighted by molar-refractivity contribution is -0.127. The summed E-state index contributed by atoms with van der Waals surface area (Å²) < 4.78 is 43.5. The number of anilines is 1. The largest absolute Gasteiger partial charge is 0.383 e. The maximum Gasteiger partial charge on any atom is 0.246 e. The highest BCUT2D eigenvalue weighted by Gasteiger charge is 2.28. The second-order valence-corrected chi connectivity index (χ2v) is 11.3. The summed E-state index contributed by atoms with van der Waals surface area (Å²) in [7, 11) is -4.12. The van der Waals surface area contributed by atoms with Crippen LogP contribution in [0.2, 0.25) is 5.02 Å². The summed E-state index contributed by atoms with van der Waals surface area (Å²) in [5.74, 6) is -0.745. The van der Waals surface area contributed by atoms with Gasteiger partial charge in [0.25, 0.3) is 0 Å². The summed E-state index contributed by atoms with van der Waals surface area (Å²) in [6.07, 6.45) is 4.31. The SMILES string of the molecule is C=CC(=O)N1CCCC(n2nc(-c3ccc(CNS(=O)(=O)c4cc(Cl)ccc4F)cc3)c3c(N)ncnc32)C1. The normalized spacial score (nSPS) is 15.9. The molecular formula is C26H25ClFN7O3S. The van der Waals surface area contributed by atoms with Gasteiger partial charge < -0.3 is 10.6 Å². The number of nitrogens with zero attached hydrogens (tertiary/aromatic N) is 5. The molecule has 4 aromatic rings. The average Bonchev–Trinajstić information content (AvgIpc) is 3.34. The van der Waals surface area contributed by atoms with Crippen molar-refractivity contribution in [2.24, 2.45) is 0 Å². The Labute approximate surface area is 229 Å². The molecule has 2 aromatic heterocycles. The van der Waals surface area contributed by atoms with Crippen LogP contribution in [-0.2, 0) is 21.4 Å². The maximum atomic E-state index is 14.1. The van der Waals surface area contributed by atoms with Crippen LogP contribution in [0.25, 0.3) is 22.3 Å². The molecule has 1 unspecified atom stereocenters. The van der Waals surface area contributed by atoms with Crippen molar-refractivity contribution in [2.75, 3.05) is 18.8 Å². The van der Waals surface area contributed by atoms with E-state index < -0.39 is 20.7 Å². The molecule has 1 amide bonds. The van der Waals surface area contributed by atoms with Crippen LogP contribution >= 0.6 is 11.6 Å². The summed E-state index contributed by atoms with van der Waals surface area (Å²) >= 11 is 5.84. The maximum absolute atomic E-state index is 14.1. The van der Waals surface area contributed by atoms with E-state index in [-0.39, 0.29) is 29.3 Å². The van der Waals surface area contributed by atoms with Crippen molar-refractivity contribution in [3.05, 3.63) is 77.9 Å². The molecule has 0 spiro atoms. The Bertz CT molecular complexity index is 1680. The van der Waals surface area contributed by atoms with Gasteiger partial charge in [0.1, 0.15) is 28.6 Å². The van der Waals surface area contributed by atoms with E-state index in [1.54, 1.807) is 33.8 Å². The van der Waals surface area contributed by atoms with Crippen molar-refractivity contribution >= 4 is 44.4 Å². The fraction of sp³-hybridized carbons (Fsp3) is 0.231. The number of likely N-dealkylation sites (tertiary alicyclic amines) is 1. The second-order valence-electron chi connectivity index (χ2n) is 9.13. The lowest BCUT2D eigenvalue weighted by atomic mass is 10.1. The number of halogens is 2. The number of nitrogen functional groups attached to an aromatic ring is 1. The molecule has 0 bridgehead atoms. The zero-order chi connectivity index (χ0) is 27.7. The van der Waals surface area contributed by atoms with Crippen molar-refractivity contribution in [1.82, 2.24) is 29.4 Å². The number of amides is 1. The van der Waals surface area contributed by atoms with Crippen molar-refractivity contribution < 1.29 is 17.6 Å². The Morgan fingerprint density at radius 1 is 1.23 bits per heavy atom. The van der Waals surface area contributed by atoms with E-state index in [1.165, 1.54) is 18.5 Å². The number of rotatable bonds is 7. The molecule has 1 fully saturated rings. The van der Waals surface area contributed by atoms with Crippen LogP contribution in [0, 0.1) is 5.82 Å². The fourth-order valence-electron chi connectivity index (χ4n) is 4.66. The zero-order valence-electron chi connectivity index (χ0n) is 20.7. The number of carbonyl (C=O) groups excluding carboxylic acids is 1. The molecule has 13 heteroatoms. The summed E-state index contributed by atoms with van der Waals surface area (Å²) in [6, 6.07) is 10.3. The highest BCUT2D eigenvalue weighted by Crippen LogP contribution is 2.34. The minimum Gasteiger partial charge on any atom is -0.383 e. The third kappa shape index (κ3) is 5.35. The average molecular weight is 570 g/mol. The molecule has 39 heavy (non-hydrogen) atoms. The molecule has 0 radical (unpaired) electrons. The Kier molecular flexibility index (Phi) is 7.34. The molecular weight excluding hydrogens is 545 g/mol. The van der Waals surface area contributed by atoms with Gasteiger partial charge >= 0.3 is 0 Å². The number of aromatic nitrogens is 4. The van der Waals surface area contributed by atoms with Gasteiger partial charge in [0, 0.05) is 30.2 Å². The highest BCUT2D eigenvalue weighted by molar-refractivity contribution is 7.89. The number of hydrogen-bond acceptors (Lipinski definition) is 7. The number of nitrogens with two attached hydrogens (primary N) is 1. The molecule has 0 saturated carbocycles. The highest BCUT2D eigenvalue weighted by atomic mass is 35.5. The fourth-order valence-corrected chi connectivity index (χ4v) is 6.01.